The first-order valence-electron chi connectivity index (χ1n) is 8.59. The minimum atomic E-state index is 0.162. The van der Waals surface area contributed by atoms with Crippen LogP contribution in [0, 0.1) is 6.92 Å². The van der Waals surface area contributed by atoms with Crippen molar-refractivity contribution in [2.24, 2.45) is 7.05 Å². The van der Waals surface area contributed by atoms with Gasteiger partial charge in [0, 0.05) is 31.0 Å². The van der Waals surface area contributed by atoms with Crippen LogP contribution >= 0.6 is 0 Å². The van der Waals surface area contributed by atoms with Crippen molar-refractivity contribution in [1.82, 2.24) is 9.78 Å². The van der Waals surface area contributed by atoms with Gasteiger partial charge >= 0.3 is 0 Å². The molecule has 1 amide bonds. The zero-order valence-corrected chi connectivity index (χ0v) is 14.6. The fourth-order valence-corrected chi connectivity index (χ4v) is 3.48. The number of aryl methyl sites for hydroxylation is 2. The van der Waals surface area contributed by atoms with E-state index in [2.05, 4.69) is 42.4 Å². The summed E-state index contributed by atoms with van der Waals surface area (Å²) >= 11 is 0. The monoisotopic (exact) mass is 331 g/mol. The van der Waals surface area contributed by atoms with Gasteiger partial charge in [0.1, 0.15) is 0 Å². The molecule has 0 aliphatic carbocycles. The topological polar surface area (TPSA) is 38.1 Å². The standard InChI is InChI=1S/C21H21N3O/c1-15-4-3-5-16(12-15)13-21(25)24-11-8-18-14-17(6-7-20(18)24)19-9-10-23(2)22-19/h3-7,9-10,12,14H,8,11,13H2,1-2H3. The summed E-state index contributed by atoms with van der Waals surface area (Å²) < 4.78 is 1.81. The van der Waals surface area contributed by atoms with Gasteiger partial charge in [0.2, 0.25) is 5.91 Å². The van der Waals surface area contributed by atoms with Crippen LogP contribution in [0.3, 0.4) is 0 Å². The second-order valence-corrected chi connectivity index (χ2v) is 6.68. The largest absolute Gasteiger partial charge is 0.312 e. The van der Waals surface area contributed by atoms with Crippen molar-refractivity contribution in [3.63, 3.8) is 0 Å². The number of carbonyl (C=O) groups is 1. The lowest BCUT2D eigenvalue weighted by Crippen LogP contribution is -2.30. The van der Waals surface area contributed by atoms with E-state index in [4.69, 9.17) is 0 Å². The second kappa shape index (κ2) is 6.20. The molecule has 4 nitrogen and oxygen atoms in total. The van der Waals surface area contributed by atoms with Crippen molar-refractivity contribution < 1.29 is 4.79 Å². The molecule has 1 aliphatic heterocycles. The van der Waals surface area contributed by atoms with Crippen LogP contribution in [0.25, 0.3) is 11.3 Å². The van der Waals surface area contributed by atoms with Gasteiger partial charge in [-0.2, -0.15) is 5.10 Å². The maximum Gasteiger partial charge on any atom is 0.231 e. The van der Waals surface area contributed by atoms with Gasteiger partial charge < -0.3 is 4.90 Å². The third-order valence-electron chi connectivity index (χ3n) is 4.72. The fraction of sp³-hybridized carbons (Fsp3) is 0.238. The van der Waals surface area contributed by atoms with Crippen LogP contribution in [0.1, 0.15) is 16.7 Å². The Morgan fingerprint density at radius 3 is 2.80 bits per heavy atom. The Bertz CT molecular complexity index is 942. The number of carbonyl (C=O) groups excluding carboxylic acids is 1. The van der Waals surface area contributed by atoms with Crippen molar-refractivity contribution >= 4 is 11.6 Å². The van der Waals surface area contributed by atoms with Crippen molar-refractivity contribution in [3.8, 4) is 11.3 Å². The summed E-state index contributed by atoms with van der Waals surface area (Å²) in [5.74, 6) is 0.162. The lowest BCUT2D eigenvalue weighted by molar-refractivity contribution is -0.117. The van der Waals surface area contributed by atoms with Crippen LogP contribution in [0.15, 0.2) is 54.7 Å². The smallest absolute Gasteiger partial charge is 0.231 e. The minimum absolute atomic E-state index is 0.162. The molecule has 0 spiro atoms. The normalized spacial score (nSPS) is 13.1. The Labute approximate surface area is 147 Å². The molecule has 0 saturated carbocycles. The van der Waals surface area contributed by atoms with E-state index >= 15 is 0 Å². The van der Waals surface area contributed by atoms with E-state index in [9.17, 15) is 4.79 Å². The highest BCUT2D eigenvalue weighted by Gasteiger charge is 2.25. The molecule has 1 aromatic heterocycles. The number of fused-ring (bicyclic) bond motifs is 1. The average molecular weight is 331 g/mol. The highest BCUT2D eigenvalue weighted by Crippen LogP contribution is 2.32. The van der Waals surface area contributed by atoms with Crippen LogP contribution < -0.4 is 4.90 Å². The number of benzene rings is 2. The van der Waals surface area contributed by atoms with E-state index in [0.717, 1.165) is 35.5 Å². The number of nitrogens with zero attached hydrogens (tertiary/aromatic N) is 3. The molecule has 2 heterocycles. The summed E-state index contributed by atoms with van der Waals surface area (Å²) in [6, 6.07) is 16.5. The van der Waals surface area contributed by atoms with Gasteiger partial charge in [-0.15, -0.1) is 0 Å². The molecule has 0 fully saturated rings. The van der Waals surface area contributed by atoms with Gasteiger partial charge in [0.15, 0.2) is 0 Å². The highest BCUT2D eigenvalue weighted by atomic mass is 16.2. The van der Waals surface area contributed by atoms with Gasteiger partial charge in [-0.1, -0.05) is 35.9 Å². The van der Waals surface area contributed by atoms with Crippen molar-refractivity contribution in [2.45, 2.75) is 19.8 Å². The number of rotatable bonds is 3. The predicted molar refractivity (Wildman–Crippen MR) is 99.6 cm³/mol. The van der Waals surface area contributed by atoms with Crippen molar-refractivity contribution in [1.29, 1.82) is 0 Å². The quantitative estimate of drug-likeness (QED) is 0.736. The molecule has 0 N–H and O–H groups in total. The lowest BCUT2D eigenvalue weighted by Gasteiger charge is -2.17. The number of hydrogen-bond donors (Lipinski definition) is 0. The van der Waals surface area contributed by atoms with E-state index < -0.39 is 0 Å². The summed E-state index contributed by atoms with van der Waals surface area (Å²) in [4.78, 5) is 14.7. The maximum atomic E-state index is 12.8. The second-order valence-electron chi connectivity index (χ2n) is 6.68. The third kappa shape index (κ3) is 3.07. The van der Waals surface area contributed by atoms with Gasteiger partial charge in [0.25, 0.3) is 0 Å². The Kier molecular flexibility index (Phi) is 3.88. The summed E-state index contributed by atoms with van der Waals surface area (Å²) in [6.45, 7) is 2.81. The first-order valence-corrected chi connectivity index (χ1v) is 8.59. The Balaban J connectivity index is 1.56. The van der Waals surface area contributed by atoms with Crippen LogP contribution in [-0.4, -0.2) is 22.2 Å². The van der Waals surface area contributed by atoms with Gasteiger partial charge in [-0.05, 0) is 42.7 Å². The molecule has 0 radical (unpaired) electrons. The number of hydrogen-bond acceptors (Lipinski definition) is 2. The number of aromatic nitrogens is 2. The summed E-state index contributed by atoms with van der Waals surface area (Å²) in [5.41, 5.74) is 6.59. The molecule has 1 aliphatic rings. The first-order chi connectivity index (χ1) is 12.1. The summed E-state index contributed by atoms with van der Waals surface area (Å²) in [7, 11) is 1.92. The molecule has 0 unspecified atom stereocenters. The van der Waals surface area contributed by atoms with Gasteiger partial charge in [-0.25, -0.2) is 0 Å². The molecule has 2 aromatic carbocycles. The molecular weight excluding hydrogens is 310 g/mol. The molecule has 0 saturated heterocycles. The number of amides is 1. The molecule has 126 valence electrons. The third-order valence-corrected chi connectivity index (χ3v) is 4.72. The lowest BCUT2D eigenvalue weighted by atomic mass is 10.1. The number of anilines is 1. The molecule has 25 heavy (non-hydrogen) atoms. The molecule has 0 atom stereocenters. The summed E-state index contributed by atoms with van der Waals surface area (Å²) in [5, 5.41) is 4.46. The van der Waals surface area contributed by atoms with Crippen LogP contribution in [0.5, 0.6) is 0 Å². The Morgan fingerprint density at radius 2 is 2.04 bits per heavy atom. The highest BCUT2D eigenvalue weighted by molar-refractivity contribution is 5.97. The van der Waals surface area contributed by atoms with Crippen LogP contribution in [0.2, 0.25) is 0 Å². The van der Waals surface area contributed by atoms with Gasteiger partial charge in [0.05, 0.1) is 12.1 Å². The zero-order valence-electron chi connectivity index (χ0n) is 14.6. The minimum Gasteiger partial charge on any atom is -0.312 e. The molecule has 4 rings (SSSR count). The SMILES string of the molecule is Cc1cccc(CC(=O)N2CCc3cc(-c4ccn(C)n4)ccc32)c1. The van der Waals surface area contributed by atoms with Crippen LogP contribution in [-0.2, 0) is 24.7 Å². The average Bonchev–Trinajstić information content (AvgIpc) is 3.20. The molecule has 3 aromatic rings. The molecular formula is C21H21N3O. The van der Waals surface area contributed by atoms with Crippen molar-refractivity contribution in [3.05, 3.63) is 71.4 Å². The van der Waals surface area contributed by atoms with E-state index in [1.165, 1.54) is 11.1 Å². The van der Waals surface area contributed by atoms with E-state index in [1.807, 2.05) is 36.3 Å². The Hall–Kier alpha value is -2.88. The molecule has 4 heteroatoms. The van der Waals surface area contributed by atoms with E-state index in [1.54, 1.807) is 4.68 Å². The maximum absolute atomic E-state index is 12.8. The summed E-state index contributed by atoms with van der Waals surface area (Å²) in [6.07, 6.45) is 3.29. The van der Waals surface area contributed by atoms with E-state index in [-0.39, 0.29) is 5.91 Å². The molecule has 0 bridgehead atoms. The van der Waals surface area contributed by atoms with Crippen LogP contribution in [0.4, 0.5) is 5.69 Å². The zero-order chi connectivity index (χ0) is 17.4. The predicted octanol–water partition coefficient (Wildman–Crippen LogP) is 3.53. The van der Waals surface area contributed by atoms with E-state index in [0.29, 0.717) is 6.42 Å². The Morgan fingerprint density at radius 1 is 1.16 bits per heavy atom. The van der Waals surface area contributed by atoms with Crippen molar-refractivity contribution in [2.75, 3.05) is 11.4 Å². The first kappa shape index (κ1) is 15.6. The fourth-order valence-electron chi connectivity index (χ4n) is 3.48. The van der Waals surface area contributed by atoms with Gasteiger partial charge in [-0.3, -0.25) is 9.48 Å².